The molecule has 2 unspecified atom stereocenters. The number of benzene rings is 1. The summed E-state index contributed by atoms with van der Waals surface area (Å²) in [5.74, 6) is -0.608. The Balaban J connectivity index is 1.58. The van der Waals surface area contributed by atoms with Gasteiger partial charge in [0, 0.05) is 26.2 Å². The van der Waals surface area contributed by atoms with Crippen molar-refractivity contribution in [3.05, 3.63) is 35.4 Å². The maximum absolute atomic E-state index is 12.5. The number of nitrogens with zero attached hydrogens (tertiary/aromatic N) is 2. The Kier molecular flexibility index (Phi) is 3.68. The average Bonchev–Trinajstić information content (AvgIpc) is 2.47. The molecule has 0 spiro atoms. The molecule has 5 nitrogen and oxygen atoms in total. The maximum atomic E-state index is 12.5. The van der Waals surface area contributed by atoms with Crippen molar-refractivity contribution in [1.29, 1.82) is 0 Å². The Morgan fingerprint density at radius 2 is 1.86 bits per heavy atom. The number of carbonyl (C=O) groups is 2. The van der Waals surface area contributed by atoms with Gasteiger partial charge >= 0.3 is 5.97 Å². The van der Waals surface area contributed by atoms with Crippen molar-refractivity contribution in [3.8, 4) is 0 Å². The van der Waals surface area contributed by atoms with Gasteiger partial charge in [0.2, 0.25) is 5.91 Å². The van der Waals surface area contributed by atoms with Crippen LogP contribution in [-0.4, -0.2) is 59.0 Å². The van der Waals surface area contributed by atoms with Gasteiger partial charge in [-0.1, -0.05) is 24.3 Å². The second-order valence-electron chi connectivity index (χ2n) is 5.83. The van der Waals surface area contributed by atoms with Crippen LogP contribution in [0.3, 0.4) is 0 Å². The number of fused-ring (bicyclic) bond motifs is 1. The summed E-state index contributed by atoms with van der Waals surface area (Å²) in [5.41, 5.74) is 2.43. The number of hydrogen-bond acceptors (Lipinski definition) is 3. The van der Waals surface area contributed by atoms with E-state index >= 15 is 0 Å². The molecule has 1 heterocycles. The van der Waals surface area contributed by atoms with Crippen LogP contribution in [0.25, 0.3) is 0 Å². The van der Waals surface area contributed by atoms with E-state index in [4.69, 9.17) is 5.11 Å². The van der Waals surface area contributed by atoms with E-state index in [9.17, 15) is 9.59 Å². The highest BCUT2D eigenvalue weighted by molar-refractivity contribution is 5.87. The van der Waals surface area contributed by atoms with Crippen molar-refractivity contribution in [2.45, 2.75) is 25.3 Å². The lowest BCUT2D eigenvalue weighted by molar-refractivity contribution is -0.144. The quantitative estimate of drug-likeness (QED) is 0.899. The first-order valence-corrected chi connectivity index (χ1v) is 7.41. The maximum Gasteiger partial charge on any atom is 0.320 e. The summed E-state index contributed by atoms with van der Waals surface area (Å²) in [6.45, 7) is 4.20. The zero-order valence-corrected chi connectivity index (χ0v) is 12.2. The van der Waals surface area contributed by atoms with Crippen molar-refractivity contribution in [2.24, 2.45) is 0 Å². The number of amides is 1. The van der Waals surface area contributed by atoms with Crippen molar-refractivity contribution in [2.75, 3.05) is 26.2 Å². The van der Waals surface area contributed by atoms with Gasteiger partial charge in [0.1, 0.15) is 6.04 Å². The highest BCUT2D eigenvalue weighted by atomic mass is 16.4. The molecule has 1 aromatic carbocycles. The van der Waals surface area contributed by atoms with Gasteiger partial charge in [-0.2, -0.15) is 0 Å². The van der Waals surface area contributed by atoms with Gasteiger partial charge < -0.3 is 10.0 Å². The average molecular weight is 288 g/mol. The number of aliphatic carboxylic acids is 1. The summed E-state index contributed by atoms with van der Waals surface area (Å²) in [6, 6.07) is 7.61. The fourth-order valence-electron chi connectivity index (χ4n) is 3.19. The molecule has 21 heavy (non-hydrogen) atoms. The lowest BCUT2D eigenvalue weighted by atomic mass is 9.77. The van der Waals surface area contributed by atoms with Crippen LogP contribution < -0.4 is 0 Å². The van der Waals surface area contributed by atoms with Crippen molar-refractivity contribution >= 4 is 11.9 Å². The number of hydrogen-bond donors (Lipinski definition) is 1. The Morgan fingerprint density at radius 3 is 2.48 bits per heavy atom. The van der Waals surface area contributed by atoms with Crippen molar-refractivity contribution in [3.63, 3.8) is 0 Å². The fourth-order valence-corrected chi connectivity index (χ4v) is 3.19. The number of piperazine rings is 1. The number of rotatable bonds is 3. The lowest BCUT2D eigenvalue weighted by Gasteiger charge is -2.40. The molecule has 0 bridgehead atoms. The molecule has 1 saturated heterocycles. The molecule has 1 aliphatic carbocycles. The van der Waals surface area contributed by atoms with Crippen LogP contribution in [0, 0.1) is 0 Å². The normalized spacial score (nSPS) is 23.1. The molecule has 1 N–H and O–H groups in total. The first kappa shape index (κ1) is 14.1. The second-order valence-corrected chi connectivity index (χ2v) is 5.83. The SMILES string of the molecule is CC(C(=O)O)N1CCN(C(=O)C2Cc3ccccc32)CC1. The number of carboxylic acid groups (broad SMARTS) is 1. The molecule has 1 aromatic rings. The molecule has 0 radical (unpaired) electrons. The second kappa shape index (κ2) is 5.48. The Labute approximate surface area is 124 Å². The summed E-state index contributed by atoms with van der Waals surface area (Å²) >= 11 is 0. The summed E-state index contributed by atoms with van der Waals surface area (Å²) in [6.07, 6.45) is 0.834. The standard InChI is InChI=1S/C16H20N2O3/c1-11(16(20)21)17-6-8-18(9-7-17)15(19)14-10-12-4-2-3-5-13(12)14/h2-5,11,14H,6-10H2,1H3,(H,20,21). The highest BCUT2D eigenvalue weighted by Gasteiger charge is 2.36. The minimum Gasteiger partial charge on any atom is -0.480 e. The first-order valence-electron chi connectivity index (χ1n) is 7.41. The van der Waals surface area contributed by atoms with Gasteiger partial charge in [-0.05, 0) is 24.5 Å². The molecule has 0 saturated carbocycles. The molecule has 1 aliphatic heterocycles. The van der Waals surface area contributed by atoms with Crippen molar-refractivity contribution < 1.29 is 14.7 Å². The first-order chi connectivity index (χ1) is 10.1. The Bertz CT molecular complexity index is 564. The minimum absolute atomic E-state index is 0.00430. The smallest absolute Gasteiger partial charge is 0.320 e. The summed E-state index contributed by atoms with van der Waals surface area (Å²) in [5, 5.41) is 9.03. The zero-order chi connectivity index (χ0) is 15.0. The van der Waals surface area contributed by atoms with Gasteiger partial charge in [-0.25, -0.2) is 0 Å². The number of carbonyl (C=O) groups excluding carboxylic acids is 1. The van der Waals surface area contributed by atoms with E-state index in [2.05, 4.69) is 6.07 Å². The fraction of sp³-hybridized carbons (Fsp3) is 0.500. The monoisotopic (exact) mass is 288 g/mol. The number of carboxylic acids is 1. The Morgan fingerprint density at radius 1 is 1.19 bits per heavy atom. The largest absolute Gasteiger partial charge is 0.480 e. The molecular weight excluding hydrogens is 268 g/mol. The van der Waals surface area contributed by atoms with Crippen LogP contribution in [0.4, 0.5) is 0 Å². The van der Waals surface area contributed by atoms with Gasteiger partial charge in [-0.15, -0.1) is 0 Å². The molecule has 5 heteroatoms. The van der Waals surface area contributed by atoms with E-state index in [-0.39, 0.29) is 11.8 Å². The molecule has 1 fully saturated rings. The van der Waals surface area contributed by atoms with Gasteiger partial charge in [0.25, 0.3) is 0 Å². The predicted molar refractivity (Wildman–Crippen MR) is 78.1 cm³/mol. The molecule has 1 amide bonds. The molecule has 2 atom stereocenters. The zero-order valence-electron chi connectivity index (χ0n) is 12.2. The molecule has 3 rings (SSSR count). The van der Waals surface area contributed by atoms with Crippen LogP contribution in [0.5, 0.6) is 0 Å². The van der Waals surface area contributed by atoms with E-state index in [0.717, 1.165) is 12.0 Å². The third-order valence-electron chi connectivity index (χ3n) is 4.68. The summed E-state index contributed by atoms with van der Waals surface area (Å²) in [7, 11) is 0. The predicted octanol–water partition coefficient (Wildman–Crippen LogP) is 0.944. The van der Waals surface area contributed by atoms with E-state index in [0.29, 0.717) is 26.2 Å². The van der Waals surface area contributed by atoms with E-state index in [1.54, 1.807) is 6.92 Å². The Hall–Kier alpha value is -1.88. The van der Waals surface area contributed by atoms with Crippen molar-refractivity contribution in [1.82, 2.24) is 9.80 Å². The van der Waals surface area contributed by atoms with Crippen LogP contribution in [-0.2, 0) is 16.0 Å². The van der Waals surface area contributed by atoms with Gasteiger partial charge in [0.05, 0.1) is 5.92 Å². The lowest BCUT2D eigenvalue weighted by Crippen LogP contribution is -2.54. The van der Waals surface area contributed by atoms with E-state index in [1.807, 2.05) is 28.0 Å². The molecular formula is C16H20N2O3. The highest BCUT2D eigenvalue weighted by Crippen LogP contribution is 2.36. The van der Waals surface area contributed by atoms with Crippen LogP contribution in [0.15, 0.2) is 24.3 Å². The van der Waals surface area contributed by atoms with Crippen LogP contribution in [0.1, 0.15) is 24.0 Å². The summed E-state index contributed by atoms with van der Waals surface area (Å²) < 4.78 is 0. The topological polar surface area (TPSA) is 60.9 Å². The summed E-state index contributed by atoms with van der Waals surface area (Å²) in [4.78, 5) is 27.3. The van der Waals surface area contributed by atoms with E-state index < -0.39 is 12.0 Å². The van der Waals surface area contributed by atoms with Gasteiger partial charge in [-0.3, -0.25) is 14.5 Å². The molecule has 0 aromatic heterocycles. The third-order valence-corrected chi connectivity index (χ3v) is 4.68. The van der Waals surface area contributed by atoms with E-state index in [1.165, 1.54) is 5.56 Å². The minimum atomic E-state index is -0.803. The third kappa shape index (κ3) is 2.53. The van der Waals surface area contributed by atoms with Crippen LogP contribution in [0.2, 0.25) is 0 Å². The molecule has 112 valence electrons. The molecule has 2 aliphatic rings. The van der Waals surface area contributed by atoms with Crippen LogP contribution >= 0.6 is 0 Å². The van der Waals surface area contributed by atoms with Gasteiger partial charge in [0.15, 0.2) is 0 Å².